The molecule has 1 aromatic heterocycles. The summed E-state index contributed by atoms with van der Waals surface area (Å²) in [5.74, 6) is 0. The fourth-order valence-electron chi connectivity index (χ4n) is 1.30. The second-order valence-electron chi connectivity index (χ2n) is 3.40. The Morgan fingerprint density at radius 1 is 1.50 bits per heavy atom. The SMILES string of the molecule is CCCNCCC=C(C)c1cccs1. The van der Waals surface area contributed by atoms with Gasteiger partial charge in [0.1, 0.15) is 0 Å². The molecule has 0 aliphatic heterocycles. The van der Waals surface area contributed by atoms with Crippen LogP contribution in [-0.2, 0) is 0 Å². The third kappa shape index (κ3) is 4.07. The first-order chi connectivity index (χ1) is 6.84. The summed E-state index contributed by atoms with van der Waals surface area (Å²) in [7, 11) is 0. The zero-order chi connectivity index (χ0) is 10.2. The van der Waals surface area contributed by atoms with E-state index in [0.29, 0.717) is 0 Å². The topological polar surface area (TPSA) is 12.0 Å². The molecule has 0 radical (unpaired) electrons. The van der Waals surface area contributed by atoms with Crippen LogP contribution in [0, 0.1) is 0 Å². The monoisotopic (exact) mass is 209 g/mol. The summed E-state index contributed by atoms with van der Waals surface area (Å²) in [4.78, 5) is 1.39. The number of hydrogen-bond acceptors (Lipinski definition) is 2. The van der Waals surface area contributed by atoms with Gasteiger partial charge < -0.3 is 5.32 Å². The van der Waals surface area contributed by atoms with Crippen LogP contribution in [0.1, 0.15) is 31.6 Å². The maximum atomic E-state index is 3.39. The lowest BCUT2D eigenvalue weighted by Crippen LogP contribution is -2.15. The Balaban J connectivity index is 2.24. The van der Waals surface area contributed by atoms with Crippen LogP contribution in [0.25, 0.3) is 5.57 Å². The Bertz CT molecular complexity index is 262. The summed E-state index contributed by atoms with van der Waals surface area (Å²) in [6, 6.07) is 4.28. The average Bonchev–Trinajstić information content (AvgIpc) is 2.70. The maximum Gasteiger partial charge on any atom is 0.0296 e. The summed E-state index contributed by atoms with van der Waals surface area (Å²) in [6.07, 6.45) is 4.66. The van der Waals surface area contributed by atoms with E-state index in [1.54, 1.807) is 0 Å². The molecule has 0 saturated heterocycles. The van der Waals surface area contributed by atoms with Crippen LogP contribution in [0.15, 0.2) is 23.6 Å². The molecule has 1 aromatic rings. The minimum Gasteiger partial charge on any atom is -0.316 e. The van der Waals surface area contributed by atoms with E-state index < -0.39 is 0 Å². The van der Waals surface area contributed by atoms with Gasteiger partial charge in [0.05, 0.1) is 0 Å². The molecule has 1 N–H and O–H groups in total. The van der Waals surface area contributed by atoms with Crippen LogP contribution in [0.5, 0.6) is 0 Å². The van der Waals surface area contributed by atoms with Crippen LogP contribution < -0.4 is 5.32 Å². The van der Waals surface area contributed by atoms with Gasteiger partial charge in [0.2, 0.25) is 0 Å². The van der Waals surface area contributed by atoms with Gasteiger partial charge >= 0.3 is 0 Å². The number of nitrogens with one attached hydrogen (secondary N) is 1. The Morgan fingerprint density at radius 3 is 3.00 bits per heavy atom. The summed E-state index contributed by atoms with van der Waals surface area (Å²) in [5, 5.41) is 5.52. The molecule has 0 bridgehead atoms. The lowest BCUT2D eigenvalue weighted by molar-refractivity contribution is 0.678. The molecule has 1 rings (SSSR count). The molecular formula is C12H19NS. The van der Waals surface area contributed by atoms with Crippen molar-refractivity contribution in [3.8, 4) is 0 Å². The van der Waals surface area contributed by atoms with Gasteiger partial charge in [-0.05, 0) is 49.9 Å². The predicted octanol–water partition coefficient (Wildman–Crippen LogP) is 3.54. The highest BCUT2D eigenvalue weighted by Gasteiger charge is 1.94. The maximum absolute atomic E-state index is 3.39. The highest BCUT2D eigenvalue weighted by molar-refractivity contribution is 7.11. The summed E-state index contributed by atoms with van der Waals surface area (Å²) >= 11 is 1.81. The van der Waals surface area contributed by atoms with Gasteiger partial charge in [-0.3, -0.25) is 0 Å². The largest absolute Gasteiger partial charge is 0.316 e. The highest BCUT2D eigenvalue weighted by atomic mass is 32.1. The van der Waals surface area contributed by atoms with Gasteiger partial charge in [-0.15, -0.1) is 11.3 Å². The quantitative estimate of drug-likeness (QED) is 0.707. The Morgan fingerprint density at radius 2 is 2.36 bits per heavy atom. The highest BCUT2D eigenvalue weighted by Crippen LogP contribution is 2.19. The predicted molar refractivity (Wildman–Crippen MR) is 65.7 cm³/mol. The van der Waals surface area contributed by atoms with E-state index in [-0.39, 0.29) is 0 Å². The minimum absolute atomic E-state index is 1.09. The van der Waals surface area contributed by atoms with Crippen molar-refractivity contribution in [3.63, 3.8) is 0 Å². The third-order valence-corrected chi connectivity index (χ3v) is 3.11. The van der Waals surface area contributed by atoms with Crippen LogP contribution in [0.4, 0.5) is 0 Å². The summed E-state index contributed by atoms with van der Waals surface area (Å²) < 4.78 is 0. The second kappa shape index (κ2) is 6.80. The van der Waals surface area contributed by atoms with Gasteiger partial charge in [0.25, 0.3) is 0 Å². The Labute approximate surface area is 90.9 Å². The van der Waals surface area contributed by atoms with Crippen molar-refractivity contribution in [1.29, 1.82) is 0 Å². The van der Waals surface area contributed by atoms with Crippen molar-refractivity contribution in [3.05, 3.63) is 28.5 Å². The molecule has 0 saturated carbocycles. The smallest absolute Gasteiger partial charge is 0.0296 e. The van der Waals surface area contributed by atoms with Crippen LogP contribution in [0.2, 0.25) is 0 Å². The lowest BCUT2D eigenvalue weighted by atomic mass is 10.2. The normalized spacial score (nSPS) is 12.0. The number of rotatable bonds is 6. The van der Waals surface area contributed by atoms with Crippen molar-refractivity contribution in [2.45, 2.75) is 26.7 Å². The van der Waals surface area contributed by atoms with Gasteiger partial charge in [-0.25, -0.2) is 0 Å². The average molecular weight is 209 g/mol. The van der Waals surface area contributed by atoms with Gasteiger partial charge in [-0.2, -0.15) is 0 Å². The number of hydrogen-bond donors (Lipinski definition) is 1. The van der Waals surface area contributed by atoms with Crippen molar-refractivity contribution in [2.24, 2.45) is 0 Å². The van der Waals surface area contributed by atoms with Crippen molar-refractivity contribution < 1.29 is 0 Å². The van der Waals surface area contributed by atoms with Crippen LogP contribution in [0.3, 0.4) is 0 Å². The fourth-order valence-corrected chi connectivity index (χ4v) is 2.03. The number of thiophene rings is 1. The molecule has 0 aromatic carbocycles. The first-order valence-corrected chi connectivity index (χ1v) is 6.14. The minimum atomic E-state index is 1.09. The van der Waals surface area contributed by atoms with Crippen molar-refractivity contribution >= 4 is 16.9 Å². The van der Waals surface area contributed by atoms with Gasteiger partial charge in [-0.1, -0.05) is 19.1 Å². The van der Waals surface area contributed by atoms with E-state index in [2.05, 4.69) is 42.8 Å². The molecule has 2 heteroatoms. The first kappa shape index (κ1) is 11.5. The van der Waals surface area contributed by atoms with Crippen molar-refractivity contribution in [2.75, 3.05) is 13.1 Å². The van der Waals surface area contributed by atoms with Gasteiger partial charge in [0.15, 0.2) is 0 Å². The molecule has 0 fully saturated rings. The van der Waals surface area contributed by atoms with E-state index in [0.717, 1.165) is 19.5 Å². The van der Waals surface area contributed by atoms with E-state index in [9.17, 15) is 0 Å². The fraction of sp³-hybridized carbons (Fsp3) is 0.500. The first-order valence-electron chi connectivity index (χ1n) is 5.26. The molecule has 14 heavy (non-hydrogen) atoms. The Hall–Kier alpha value is -0.600. The molecular weight excluding hydrogens is 190 g/mol. The van der Waals surface area contributed by atoms with Crippen LogP contribution >= 0.6 is 11.3 Å². The van der Waals surface area contributed by atoms with E-state index in [4.69, 9.17) is 0 Å². The van der Waals surface area contributed by atoms with E-state index >= 15 is 0 Å². The van der Waals surface area contributed by atoms with E-state index in [1.807, 2.05) is 11.3 Å². The van der Waals surface area contributed by atoms with Crippen LogP contribution in [-0.4, -0.2) is 13.1 Å². The molecule has 0 unspecified atom stereocenters. The molecule has 0 atom stereocenters. The van der Waals surface area contributed by atoms with Crippen molar-refractivity contribution in [1.82, 2.24) is 5.32 Å². The molecule has 78 valence electrons. The second-order valence-corrected chi connectivity index (χ2v) is 4.35. The third-order valence-electron chi connectivity index (χ3n) is 2.11. The molecule has 0 aliphatic rings. The molecule has 1 heterocycles. The summed E-state index contributed by atoms with van der Waals surface area (Å²) in [5.41, 5.74) is 1.40. The molecule has 0 spiro atoms. The molecule has 1 nitrogen and oxygen atoms in total. The lowest BCUT2D eigenvalue weighted by Gasteiger charge is -2.00. The number of allylic oxidation sites excluding steroid dienone is 1. The molecule has 0 amide bonds. The van der Waals surface area contributed by atoms with Gasteiger partial charge in [0, 0.05) is 4.88 Å². The zero-order valence-electron chi connectivity index (χ0n) is 9.05. The van der Waals surface area contributed by atoms with E-state index in [1.165, 1.54) is 16.9 Å². The Kier molecular flexibility index (Phi) is 5.57. The summed E-state index contributed by atoms with van der Waals surface area (Å²) in [6.45, 7) is 6.60. The standard InChI is InChI=1S/C12H19NS/c1-3-8-13-9-4-6-11(2)12-7-5-10-14-12/h5-7,10,13H,3-4,8-9H2,1-2H3. The molecule has 0 aliphatic carbocycles. The zero-order valence-corrected chi connectivity index (χ0v) is 9.86.